The van der Waals surface area contributed by atoms with E-state index in [4.69, 9.17) is 15.0 Å². The molecular formula is C51H33N5. The van der Waals surface area contributed by atoms with Crippen molar-refractivity contribution in [3.63, 3.8) is 0 Å². The summed E-state index contributed by atoms with van der Waals surface area (Å²) in [6.45, 7) is 0. The molecule has 5 nitrogen and oxygen atoms in total. The number of fused-ring (bicyclic) bond motifs is 6. The molecule has 56 heavy (non-hydrogen) atoms. The number of hydrogen-bond donors (Lipinski definition) is 0. The maximum atomic E-state index is 4.95. The van der Waals surface area contributed by atoms with Crippen LogP contribution < -0.4 is 0 Å². The molecule has 0 unspecified atom stereocenters. The van der Waals surface area contributed by atoms with Gasteiger partial charge in [-0.25, -0.2) is 15.0 Å². The molecule has 0 bridgehead atoms. The van der Waals surface area contributed by atoms with Crippen LogP contribution in [0.5, 0.6) is 0 Å². The van der Waals surface area contributed by atoms with Crippen molar-refractivity contribution in [3.05, 3.63) is 200 Å². The molecule has 0 radical (unpaired) electrons. The third-order valence-corrected chi connectivity index (χ3v) is 10.8. The Morgan fingerprint density at radius 2 is 0.589 bits per heavy atom. The van der Waals surface area contributed by atoms with E-state index in [9.17, 15) is 0 Å². The Labute approximate surface area is 323 Å². The monoisotopic (exact) mass is 715 g/mol. The van der Waals surface area contributed by atoms with Crippen LogP contribution >= 0.6 is 0 Å². The van der Waals surface area contributed by atoms with Crippen molar-refractivity contribution >= 4 is 43.6 Å². The molecule has 0 saturated heterocycles. The number of para-hydroxylation sites is 3. The summed E-state index contributed by atoms with van der Waals surface area (Å²) in [6, 6.07) is 70.5. The Hall–Kier alpha value is -7.63. The molecule has 0 atom stereocenters. The molecule has 0 aliphatic heterocycles. The van der Waals surface area contributed by atoms with E-state index >= 15 is 0 Å². The van der Waals surface area contributed by atoms with E-state index in [1.54, 1.807) is 0 Å². The summed E-state index contributed by atoms with van der Waals surface area (Å²) in [6.07, 6.45) is 0. The molecule has 11 rings (SSSR count). The second-order valence-electron chi connectivity index (χ2n) is 14.1. The van der Waals surface area contributed by atoms with Crippen molar-refractivity contribution in [2.75, 3.05) is 0 Å². The van der Waals surface area contributed by atoms with Gasteiger partial charge in [0, 0.05) is 49.6 Å². The molecule has 0 amide bonds. The lowest BCUT2D eigenvalue weighted by molar-refractivity contribution is 1.07. The highest BCUT2D eigenvalue weighted by molar-refractivity contribution is 6.12. The Balaban J connectivity index is 1.01. The highest BCUT2D eigenvalue weighted by atomic mass is 15.0. The fourth-order valence-corrected chi connectivity index (χ4v) is 8.14. The van der Waals surface area contributed by atoms with Gasteiger partial charge in [-0.1, -0.05) is 127 Å². The summed E-state index contributed by atoms with van der Waals surface area (Å²) in [4.78, 5) is 14.8. The predicted molar refractivity (Wildman–Crippen MR) is 230 cm³/mol. The van der Waals surface area contributed by atoms with Gasteiger partial charge < -0.3 is 9.13 Å². The summed E-state index contributed by atoms with van der Waals surface area (Å²) < 4.78 is 4.72. The van der Waals surface area contributed by atoms with Crippen molar-refractivity contribution < 1.29 is 0 Å². The molecule has 0 aliphatic rings. The Morgan fingerprint density at radius 1 is 0.250 bits per heavy atom. The highest BCUT2D eigenvalue weighted by Crippen LogP contribution is 2.38. The summed E-state index contributed by atoms with van der Waals surface area (Å²) in [5, 5.41) is 4.92. The zero-order valence-corrected chi connectivity index (χ0v) is 30.3. The van der Waals surface area contributed by atoms with Gasteiger partial charge in [-0.3, -0.25) is 0 Å². The Morgan fingerprint density at radius 3 is 1.05 bits per heavy atom. The molecule has 0 spiro atoms. The second kappa shape index (κ2) is 13.0. The number of benzene rings is 8. The van der Waals surface area contributed by atoms with Crippen molar-refractivity contribution in [1.29, 1.82) is 0 Å². The first kappa shape index (κ1) is 31.9. The van der Waals surface area contributed by atoms with Crippen molar-refractivity contribution in [2.45, 2.75) is 0 Å². The highest BCUT2D eigenvalue weighted by Gasteiger charge is 2.17. The first-order valence-corrected chi connectivity index (χ1v) is 18.9. The molecule has 262 valence electrons. The number of hydrogen-bond acceptors (Lipinski definition) is 3. The lowest BCUT2D eigenvalue weighted by Gasteiger charge is -2.11. The number of nitrogens with zero attached hydrogens (tertiary/aromatic N) is 5. The van der Waals surface area contributed by atoms with Crippen LogP contribution in [0.25, 0.3) is 100 Å². The van der Waals surface area contributed by atoms with Crippen molar-refractivity contribution in [3.8, 4) is 56.7 Å². The minimum absolute atomic E-state index is 0.639. The van der Waals surface area contributed by atoms with Gasteiger partial charge in [0.15, 0.2) is 17.5 Å². The van der Waals surface area contributed by atoms with Gasteiger partial charge in [0.25, 0.3) is 0 Å². The standard InChI is InChI=1S/C51H33N5/c1-4-14-34(15-5-1)49-52-50(35-16-6-2-7-17-35)54-51(53-49)36-24-28-40(29-25-36)56-46-23-13-11-21-42(46)44-33-38(27-31-48(44)56)37-26-30-47-43(32-37)41-20-10-12-22-45(41)55(47)39-18-8-3-9-19-39/h1-33H. The van der Waals surface area contributed by atoms with Gasteiger partial charge in [-0.15, -0.1) is 0 Å². The molecule has 0 aliphatic carbocycles. The quantitative estimate of drug-likeness (QED) is 0.172. The van der Waals surface area contributed by atoms with Gasteiger partial charge in [-0.05, 0) is 83.9 Å². The largest absolute Gasteiger partial charge is 0.309 e. The zero-order chi connectivity index (χ0) is 37.0. The third kappa shape index (κ3) is 5.29. The maximum absolute atomic E-state index is 4.95. The average molecular weight is 716 g/mol. The van der Waals surface area contributed by atoms with Crippen LogP contribution in [0.1, 0.15) is 0 Å². The Bertz CT molecular complexity index is 3160. The first-order chi connectivity index (χ1) is 27.8. The average Bonchev–Trinajstić information content (AvgIpc) is 3.79. The van der Waals surface area contributed by atoms with E-state index in [1.807, 2.05) is 60.7 Å². The number of rotatable bonds is 6. The molecule has 3 heterocycles. The molecule has 0 saturated carbocycles. The minimum atomic E-state index is 0.639. The molecule has 0 N–H and O–H groups in total. The first-order valence-electron chi connectivity index (χ1n) is 18.9. The van der Waals surface area contributed by atoms with Gasteiger partial charge in [0.1, 0.15) is 0 Å². The van der Waals surface area contributed by atoms with Crippen LogP contribution in [0, 0.1) is 0 Å². The van der Waals surface area contributed by atoms with Gasteiger partial charge in [-0.2, -0.15) is 0 Å². The van der Waals surface area contributed by atoms with Crippen molar-refractivity contribution in [1.82, 2.24) is 24.1 Å². The molecule has 0 fully saturated rings. The van der Waals surface area contributed by atoms with E-state index in [2.05, 4.69) is 149 Å². The molecule has 3 aromatic heterocycles. The summed E-state index contributed by atoms with van der Waals surface area (Å²) in [5.41, 5.74) is 12.2. The third-order valence-electron chi connectivity index (χ3n) is 10.8. The van der Waals surface area contributed by atoms with Crippen LogP contribution in [0.3, 0.4) is 0 Å². The van der Waals surface area contributed by atoms with Crippen LogP contribution in [0.2, 0.25) is 0 Å². The van der Waals surface area contributed by atoms with E-state index in [1.165, 1.54) is 43.7 Å². The smallest absolute Gasteiger partial charge is 0.164 e. The van der Waals surface area contributed by atoms with E-state index in [0.717, 1.165) is 39.1 Å². The maximum Gasteiger partial charge on any atom is 0.164 e. The normalized spacial score (nSPS) is 11.6. The molecule has 8 aromatic carbocycles. The topological polar surface area (TPSA) is 48.5 Å². The fraction of sp³-hybridized carbons (Fsp3) is 0. The lowest BCUT2D eigenvalue weighted by Crippen LogP contribution is -2.00. The second-order valence-corrected chi connectivity index (χ2v) is 14.1. The van der Waals surface area contributed by atoms with Crippen LogP contribution in [-0.4, -0.2) is 24.1 Å². The Kier molecular flexibility index (Phi) is 7.42. The van der Waals surface area contributed by atoms with Gasteiger partial charge >= 0.3 is 0 Å². The van der Waals surface area contributed by atoms with E-state index in [0.29, 0.717) is 17.5 Å². The molecule has 5 heteroatoms. The van der Waals surface area contributed by atoms with Gasteiger partial charge in [0.05, 0.1) is 22.1 Å². The van der Waals surface area contributed by atoms with E-state index in [-0.39, 0.29) is 0 Å². The fourth-order valence-electron chi connectivity index (χ4n) is 8.14. The van der Waals surface area contributed by atoms with Gasteiger partial charge in [0.2, 0.25) is 0 Å². The lowest BCUT2D eigenvalue weighted by atomic mass is 10.0. The van der Waals surface area contributed by atoms with Crippen molar-refractivity contribution in [2.24, 2.45) is 0 Å². The van der Waals surface area contributed by atoms with E-state index < -0.39 is 0 Å². The summed E-state index contributed by atoms with van der Waals surface area (Å²) in [5.74, 6) is 1.94. The molecular weight excluding hydrogens is 683 g/mol. The molecule has 11 aromatic rings. The summed E-state index contributed by atoms with van der Waals surface area (Å²) in [7, 11) is 0. The zero-order valence-electron chi connectivity index (χ0n) is 30.3. The SMILES string of the molecule is c1ccc(-c2nc(-c3ccccc3)nc(-c3ccc(-n4c5ccccc5c5cc(-c6ccc7c(c6)c6ccccc6n7-c6ccccc6)ccc54)cc3)n2)cc1. The number of aromatic nitrogens is 5. The van der Waals surface area contributed by atoms with Crippen LogP contribution in [-0.2, 0) is 0 Å². The summed E-state index contributed by atoms with van der Waals surface area (Å²) >= 11 is 0. The minimum Gasteiger partial charge on any atom is -0.309 e. The van der Waals surface area contributed by atoms with Crippen LogP contribution in [0.4, 0.5) is 0 Å². The predicted octanol–water partition coefficient (Wildman–Crippen LogP) is 12.7. The van der Waals surface area contributed by atoms with Crippen LogP contribution in [0.15, 0.2) is 200 Å².